The Morgan fingerprint density at radius 1 is 1.12 bits per heavy atom. The van der Waals surface area contributed by atoms with Crippen molar-refractivity contribution < 1.29 is 4.74 Å². The fourth-order valence-corrected chi connectivity index (χ4v) is 2.73. The van der Waals surface area contributed by atoms with Gasteiger partial charge in [-0.1, -0.05) is 30.3 Å². The van der Waals surface area contributed by atoms with Crippen LogP contribution in [0.3, 0.4) is 0 Å². The predicted octanol–water partition coefficient (Wildman–Crippen LogP) is 3.27. The van der Waals surface area contributed by atoms with E-state index >= 15 is 0 Å². The van der Waals surface area contributed by atoms with Crippen molar-refractivity contribution in [3.8, 4) is 5.75 Å². The lowest BCUT2D eigenvalue weighted by atomic mass is 9.97. The Kier molecular flexibility index (Phi) is 2.73. The normalized spacial score (nSPS) is 19.7. The molecule has 2 nitrogen and oxygen atoms in total. The van der Waals surface area contributed by atoms with E-state index in [1.165, 1.54) is 29.2 Å². The molecule has 0 aromatic heterocycles. The van der Waals surface area contributed by atoms with Crippen molar-refractivity contribution in [2.24, 2.45) is 0 Å². The molecule has 0 aliphatic carbocycles. The highest BCUT2D eigenvalue weighted by Crippen LogP contribution is 2.34. The van der Waals surface area contributed by atoms with E-state index in [4.69, 9.17) is 4.74 Å². The molecule has 0 spiro atoms. The second kappa shape index (κ2) is 4.38. The molecule has 2 aromatic rings. The van der Waals surface area contributed by atoms with E-state index in [9.17, 15) is 0 Å². The summed E-state index contributed by atoms with van der Waals surface area (Å²) in [6.45, 7) is 1.13. The van der Waals surface area contributed by atoms with Crippen molar-refractivity contribution in [1.82, 2.24) is 5.32 Å². The number of methoxy groups -OCH3 is 1. The van der Waals surface area contributed by atoms with E-state index in [0.29, 0.717) is 6.04 Å². The van der Waals surface area contributed by atoms with Gasteiger partial charge >= 0.3 is 0 Å². The van der Waals surface area contributed by atoms with Crippen LogP contribution in [0.4, 0.5) is 0 Å². The fourth-order valence-electron chi connectivity index (χ4n) is 2.73. The van der Waals surface area contributed by atoms with Gasteiger partial charge in [-0.3, -0.25) is 0 Å². The summed E-state index contributed by atoms with van der Waals surface area (Å²) in [5.41, 5.74) is 1.40. The van der Waals surface area contributed by atoms with Crippen molar-refractivity contribution in [2.75, 3.05) is 13.7 Å². The van der Waals surface area contributed by atoms with Crippen LogP contribution in [0.25, 0.3) is 10.8 Å². The Morgan fingerprint density at radius 3 is 2.65 bits per heavy atom. The molecule has 0 unspecified atom stereocenters. The number of fused-ring (bicyclic) bond motifs is 1. The summed E-state index contributed by atoms with van der Waals surface area (Å²) >= 11 is 0. The zero-order valence-electron chi connectivity index (χ0n) is 10.1. The minimum absolute atomic E-state index is 0.505. The van der Waals surface area contributed by atoms with Gasteiger partial charge in [0.05, 0.1) is 7.11 Å². The molecule has 0 bridgehead atoms. The molecule has 1 heterocycles. The molecule has 1 saturated heterocycles. The van der Waals surface area contributed by atoms with Gasteiger partial charge in [0.15, 0.2) is 0 Å². The van der Waals surface area contributed by atoms with E-state index in [0.717, 1.165) is 12.3 Å². The van der Waals surface area contributed by atoms with E-state index in [-0.39, 0.29) is 0 Å². The molecule has 2 heteroatoms. The number of benzene rings is 2. The Labute approximate surface area is 102 Å². The van der Waals surface area contributed by atoms with Gasteiger partial charge in [0.2, 0.25) is 0 Å². The number of hydrogen-bond donors (Lipinski definition) is 1. The first-order valence-electron chi connectivity index (χ1n) is 6.19. The third kappa shape index (κ3) is 1.79. The molecule has 17 heavy (non-hydrogen) atoms. The molecule has 1 N–H and O–H groups in total. The molecular formula is C15H17NO. The van der Waals surface area contributed by atoms with Crippen LogP contribution in [0.15, 0.2) is 36.4 Å². The monoisotopic (exact) mass is 227 g/mol. The standard InChI is InChI=1S/C15H17NO/c1-17-15-9-8-12(14-7-4-10-16-14)11-5-2-3-6-13(11)15/h2-3,5-6,8-9,14,16H,4,7,10H2,1H3/t14-/m1/s1. The van der Waals surface area contributed by atoms with Crippen LogP contribution in [0, 0.1) is 0 Å². The molecule has 1 fully saturated rings. The first-order chi connectivity index (χ1) is 8.40. The van der Waals surface area contributed by atoms with Crippen LogP contribution in [0.1, 0.15) is 24.4 Å². The van der Waals surface area contributed by atoms with Gasteiger partial charge in [0.25, 0.3) is 0 Å². The first kappa shape index (κ1) is 10.6. The smallest absolute Gasteiger partial charge is 0.126 e. The average molecular weight is 227 g/mol. The first-order valence-corrected chi connectivity index (χ1v) is 6.19. The van der Waals surface area contributed by atoms with Crippen molar-refractivity contribution in [3.63, 3.8) is 0 Å². The highest BCUT2D eigenvalue weighted by Gasteiger charge is 2.18. The number of nitrogens with one attached hydrogen (secondary N) is 1. The Morgan fingerprint density at radius 2 is 1.94 bits per heavy atom. The summed E-state index contributed by atoms with van der Waals surface area (Å²) in [4.78, 5) is 0. The lowest BCUT2D eigenvalue weighted by Crippen LogP contribution is -2.13. The van der Waals surface area contributed by atoms with Crippen molar-refractivity contribution in [1.29, 1.82) is 0 Å². The van der Waals surface area contributed by atoms with Gasteiger partial charge in [-0.25, -0.2) is 0 Å². The van der Waals surface area contributed by atoms with Crippen LogP contribution in [0.5, 0.6) is 5.75 Å². The van der Waals surface area contributed by atoms with Crippen molar-refractivity contribution in [3.05, 3.63) is 42.0 Å². The molecule has 1 atom stereocenters. The van der Waals surface area contributed by atoms with Crippen LogP contribution >= 0.6 is 0 Å². The maximum atomic E-state index is 5.42. The second-order valence-corrected chi connectivity index (χ2v) is 4.55. The van der Waals surface area contributed by atoms with Crippen molar-refractivity contribution in [2.45, 2.75) is 18.9 Å². The molecule has 1 aliphatic heterocycles. The lowest BCUT2D eigenvalue weighted by Gasteiger charge is -2.15. The SMILES string of the molecule is COc1ccc([C@H]2CCCN2)c2ccccc12. The molecule has 0 amide bonds. The quantitative estimate of drug-likeness (QED) is 0.850. The minimum atomic E-state index is 0.505. The summed E-state index contributed by atoms with van der Waals surface area (Å²) < 4.78 is 5.42. The number of hydrogen-bond acceptors (Lipinski definition) is 2. The second-order valence-electron chi connectivity index (χ2n) is 4.55. The van der Waals surface area contributed by atoms with Crippen LogP contribution in [0.2, 0.25) is 0 Å². The van der Waals surface area contributed by atoms with Crippen LogP contribution in [-0.4, -0.2) is 13.7 Å². The summed E-state index contributed by atoms with van der Waals surface area (Å²) in [5, 5.41) is 6.08. The van der Waals surface area contributed by atoms with Gasteiger partial charge in [-0.05, 0) is 36.4 Å². The average Bonchev–Trinajstić information content (AvgIpc) is 2.91. The van der Waals surface area contributed by atoms with Crippen LogP contribution < -0.4 is 10.1 Å². The molecule has 0 radical (unpaired) electrons. The highest BCUT2D eigenvalue weighted by molar-refractivity contribution is 5.91. The Hall–Kier alpha value is -1.54. The summed E-state index contributed by atoms with van der Waals surface area (Å²) in [6.07, 6.45) is 2.50. The van der Waals surface area contributed by atoms with E-state index in [2.05, 4.69) is 41.7 Å². The summed E-state index contributed by atoms with van der Waals surface area (Å²) in [7, 11) is 1.73. The molecule has 2 aromatic carbocycles. The molecule has 1 aliphatic rings. The third-order valence-corrected chi connectivity index (χ3v) is 3.57. The Bertz CT molecular complexity index is 529. The van der Waals surface area contributed by atoms with Gasteiger partial charge in [0, 0.05) is 11.4 Å². The van der Waals surface area contributed by atoms with Gasteiger partial charge < -0.3 is 10.1 Å². The van der Waals surface area contributed by atoms with E-state index in [1.54, 1.807) is 7.11 Å². The lowest BCUT2D eigenvalue weighted by molar-refractivity contribution is 0.419. The molecule has 3 rings (SSSR count). The predicted molar refractivity (Wildman–Crippen MR) is 70.5 cm³/mol. The number of rotatable bonds is 2. The zero-order chi connectivity index (χ0) is 11.7. The third-order valence-electron chi connectivity index (χ3n) is 3.57. The topological polar surface area (TPSA) is 21.3 Å². The highest BCUT2D eigenvalue weighted by atomic mass is 16.5. The summed E-state index contributed by atoms with van der Waals surface area (Å²) in [5.74, 6) is 0.961. The van der Waals surface area contributed by atoms with E-state index in [1.807, 2.05) is 0 Å². The maximum Gasteiger partial charge on any atom is 0.126 e. The van der Waals surface area contributed by atoms with Crippen LogP contribution in [-0.2, 0) is 0 Å². The molecule has 0 saturated carbocycles. The summed E-state index contributed by atoms with van der Waals surface area (Å²) in [6, 6.07) is 13.3. The van der Waals surface area contributed by atoms with Gasteiger partial charge in [-0.2, -0.15) is 0 Å². The zero-order valence-corrected chi connectivity index (χ0v) is 10.1. The van der Waals surface area contributed by atoms with Crippen molar-refractivity contribution >= 4 is 10.8 Å². The maximum absolute atomic E-state index is 5.42. The number of ether oxygens (including phenoxy) is 1. The van der Waals surface area contributed by atoms with Gasteiger partial charge in [-0.15, -0.1) is 0 Å². The minimum Gasteiger partial charge on any atom is -0.496 e. The molecule has 88 valence electrons. The largest absolute Gasteiger partial charge is 0.496 e. The van der Waals surface area contributed by atoms with E-state index < -0.39 is 0 Å². The fraction of sp³-hybridized carbons (Fsp3) is 0.333. The molecular weight excluding hydrogens is 210 g/mol. The Balaban J connectivity index is 2.19. The van der Waals surface area contributed by atoms with Gasteiger partial charge in [0.1, 0.15) is 5.75 Å².